The maximum Gasteiger partial charge on any atom is 0.236 e. The first-order chi connectivity index (χ1) is 14.2. The molecule has 2 saturated heterocycles. The molecule has 2 aliphatic rings. The van der Waals surface area contributed by atoms with Gasteiger partial charge in [-0.25, -0.2) is 0 Å². The third-order valence-electron chi connectivity index (χ3n) is 5.85. The fourth-order valence-electron chi connectivity index (χ4n) is 4.03. The van der Waals surface area contributed by atoms with Crippen molar-refractivity contribution in [3.05, 3.63) is 48.4 Å². The van der Waals surface area contributed by atoms with Crippen LogP contribution in [-0.4, -0.2) is 86.6 Å². The fraction of sp³-hybridized carbons (Fsp3) is 0.500. The molecule has 7 heteroatoms. The van der Waals surface area contributed by atoms with Gasteiger partial charge in [0.25, 0.3) is 0 Å². The number of piperazine rings is 2. The Bertz CT molecular complexity index is 762. The van der Waals surface area contributed by atoms with Gasteiger partial charge in [-0.05, 0) is 36.4 Å². The molecule has 1 aromatic heterocycles. The number of carbonyl (C=O) groups is 1. The first-order valence-electron chi connectivity index (χ1n) is 10.3. The molecule has 2 aliphatic heterocycles. The van der Waals surface area contributed by atoms with E-state index in [1.54, 1.807) is 13.4 Å². The number of furan rings is 1. The molecule has 156 valence electrons. The first kappa shape index (κ1) is 19.8. The van der Waals surface area contributed by atoms with E-state index in [9.17, 15) is 4.79 Å². The summed E-state index contributed by atoms with van der Waals surface area (Å²) in [5.41, 5.74) is 1.19. The van der Waals surface area contributed by atoms with Gasteiger partial charge in [0, 0.05) is 58.0 Å². The number of rotatable bonds is 6. The summed E-state index contributed by atoms with van der Waals surface area (Å²) in [4.78, 5) is 21.7. The molecule has 2 fully saturated rings. The van der Waals surface area contributed by atoms with Crippen molar-refractivity contribution in [3.63, 3.8) is 0 Å². The molecule has 1 amide bonds. The van der Waals surface area contributed by atoms with E-state index in [2.05, 4.69) is 26.8 Å². The van der Waals surface area contributed by atoms with Crippen LogP contribution in [-0.2, 0) is 11.3 Å². The lowest BCUT2D eigenvalue weighted by molar-refractivity contribution is -0.133. The fourth-order valence-corrected chi connectivity index (χ4v) is 4.03. The number of anilines is 1. The summed E-state index contributed by atoms with van der Waals surface area (Å²) in [6, 6.07) is 12.1. The van der Waals surface area contributed by atoms with E-state index < -0.39 is 0 Å². The maximum atomic E-state index is 12.8. The summed E-state index contributed by atoms with van der Waals surface area (Å²) in [5, 5.41) is 0. The maximum absolute atomic E-state index is 12.8. The highest BCUT2D eigenvalue weighted by Crippen LogP contribution is 2.20. The lowest BCUT2D eigenvalue weighted by atomic mass is 10.2. The molecule has 7 nitrogen and oxygen atoms in total. The van der Waals surface area contributed by atoms with Crippen molar-refractivity contribution < 1.29 is 13.9 Å². The highest BCUT2D eigenvalue weighted by Gasteiger charge is 2.25. The minimum Gasteiger partial charge on any atom is -0.497 e. The molecule has 0 N–H and O–H groups in total. The third kappa shape index (κ3) is 5.10. The summed E-state index contributed by atoms with van der Waals surface area (Å²) < 4.78 is 10.7. The summed E-state index contributed by atoms with van der Waals surface area (Å²) in [6.45, 7) is 8.48. The van der Waals surface area contributed by atoms with E-state index in [1.807, 2.05) is 29.2 Å². The van der Waals surface area contributed by atoms with Gasteiger partial charge < -0.3 is 19.0 Å². The van der Waals surface area contributed by atoms with E-state index in [4.69, 9.17) is 9.15 Å². The Hall–Kier alpha value is -2.51. The summed E-state index contributed by atoms with van der Waals surface area (Å²) in [5.74, 6) is 2.12. The Labute approximate surface area is 172 Å². The Morgan fingerprint density at radius 1 is 0.931 bits per heavy atom. The predicted octanol–water partition coefficient (Wildman–Crippen LogP) is 1.75. The number of amides is 1. The number of hydrogen-bond acceptors (Lipinski definition) is 6. The molecule has 0 spiro atoms. The van der Waals surface area contributed by atoms with Crippen LogP contribution in [0.1, 0.15) is 5.76 Å². The largest absolute Gasteiger partial charge is 0.497 e. The molecule has 0 radical (unpaired) electrons. The van der Waals surface area contributed by atoms with Crippen molar-refractivity contribution in [1.82, 2.24) is 14.7 Å². The van der Waals surface area contributed by atoms with Crippen molar-refractivity contribution >= 4 is 11.6 Å². The lowest BCUT2D eigenvalue weighted by Crippen LogP contribution is -2.53. The highest BCUT2D eigenvalue weighted by molar-refractivity contribution is 5.78. The Kier molecular flexibility index (Phi) is 6.36. The average Bonchev–Trinajstić information content (AvgIpc) is 3.28. The van der Waals surface area contributed by atoms with Crippen molar-refractivity contribution in [3.8, 4) is 5.75 Å². The van der Waals surface area contributed by atoms with E-state index in [0.29, 0.717) is 6.54 Å². The zero-order valence-corrected chi connectivity index (χ0v) is 17.1. The van der Waals surface area contributed by atoms with Crippen LogP contribution < -0.4 is 9.64 Å². The number of benzene rings is 1. The molecule has 0 unspecified atom stereocenters. The third-order valence-corrected chi connectivity index (χ3v) is 5.85. The molecule has 0 saturated carbocycles. The molecule has 0 atom stereocenters. The molecule has 29 heavy (non-hydrogen) atoms. The molecule has 2 aromatic rings. The second-order valence-corrected chi connectivity index (χ2v) is 7.70. The minimum atomic E-state index is 0.249. The van der Waals surface area contributed by atoms with E-state index >= 15 is 0 Å². The van der Waals surface area contributed by atoms with Crippen molar-refractivity contribution in [1.29, 1.82) is 0 Å². The predicted molar refractivity (Wildman–Crippen MR) is 112 cm³/mol. The zero-order chi connectivity index (χ0) is 20.1. The van der Waals surface area contributed by atoms with Gasteiger partial charge in [-0.2, -0.15) is 0 Å². The lowest BCUT2D eigenvalue weighted by Gasteiger charge is -2.38. The van der Waals surface area contributed by atoms with Crippen LogP contribution in [0.25, 0.3) is 0 Å². The van der Waals surface area contributed by atoms with Crippen LogP contribution in [0.2, 0.25) is 0 Å². The summed E-state index contributed by atoms with van der Waals surface area (Å²) in [7, 11) is 1.68. The Morgan fingerprint density at radius 3 is 2.24 bits per heavy atom. The number of methoxy groups -OCH3 is 1. The number of ether oxygens (including phenoxy) is 1. The normalized spacial score (nSPS) is 18.8. The van der Waals surface area contributed by atoms with Crippen molar-refractivity contribution in [2.45, 2.75) is 6.54 Å². The van der Waals surface area contributed by atoms with Crippen LogP contribution >= 0.6 is 0 Å². The van der Waals surface area contributed by atoms with E-state index in [1.165, 1.54) is 5.69 Å². The Balaban J connectivity index is 1.19. The minimum absolute atomic E-state index is 0.249. The van der Waals surface area contributed by atoms with Crippen LogP contribution in [0.4, 0.5) is 5.69 Å². The smallest absolute Gasteiger partial charge is 0.236 e. The number of carbonyl (C=O) groups excluding carboxylic acids is 1. The molecule has 1 aromatic carbocycles. The highest BCUT2D eigenvalue weighted by atomic mass is 16.5. The van der Waals surface area contributed by atoms with Gasteiger partial charge in [-0.15, -0.1) is 0 Å². The molecule has 0 bridgehead atoms. The van der Waals surface area contributed by atoms with E-state index in [-0.39, 0.29) is 5.91 Å². The zero-order valence-electron chi connectivity index (χ0n) is 17.1. The summed E-state index contributed by atoms with van der Waals surface area (Å²) in [6.07, 6.45) is 1.72. The monoisotopic (exact) mass is 398 g/mol. The van der Waals surface area contributed by atoms with Gasteiger partial charge in [0.2, 0.25) is 5.91 Å². The van der Waals surface area contributed by atoms with Crippen LogP contribution in [0.15, 0.2) is 47.1 Å². The second kappa shape index (κ2) is 9.33. The van der Waals surface area contributed by atoms with Crippen molar-refractivity contribution in [2.24, 2.45) is 0 Å². The first-order valence-corrected chi connectivity index (χ1v) is 10.3. The van der Waals surface area contributed by atoms with E-state index in [0.717, 1.165) is 70.4 Å². The molecular formula is C22H30N4O3. The SMILES string of the molecule is COc1ccc(N2CCN(C(=O)CN3CCN(Cc4ccco4)CC3)CC2)cc1. The summed E-state index contributed by atoms with van der Waals surface area (Å²) >= 11 is 0. The van der Waals surface area contributed by atoms with Gasteiger partial charge in [0.1, 0.15) is 11.5 Å². The molecule has 4 rings (SSSR count). The van der Waals surface area contributed by atoms with Crippen molar-refractivity contribution in [2.75, 3.05) is 70.9 Å². The molecular weight excluding hydrogens is 368 g/mol. The average molecular weight is 399 g/mol. The van der Waals surface area contributed by atoms with Gasteiger partial charge in [0.15, 0.2) is 0 Å². The van der Waals surface area contributed by atoms with Crippen LogP contribution in [0, 0.1) is 0 Å². The van der Waals surface area contributed by atoms with Gasteiger partial charge in [-0.3, -0.25) is 14.6 Å². The Morgan fingerprint density at radius 2 is 1.62 bits per heavy atom. The second-order valence-electron chi connectivity index (χ2n) is 7.70. The topological polar surface area (TPSA) is 52.4 Å². The standard InChI is InChI=1S/C22H30N4O3/c1-28-20-6-4-19(5-7-20)25-12-14-26(15-13-25)22(27)18-24-10-8-23(9-11-24)17-21-3-2-16-29-21/h2-7,16H,8-15,17-18H2,1H3. The molecule has 0 aliphatic carbocycles. The van der Waals surface area contributed by atoms with Gasteiger partial charge in [-0.1, -0.05) is 0 Å². The van der Waals surface area contributed by atoms with Gasteiger partial charge in [0.05, 0.1) is 26.5 Å². The van der Waals surface area contributed by atoms with Crippen LogP contribution in [0.5, 0.6) is 5.75 Å². The number of nitrogens with zero attached hydrogens (tertiary/aromatic N) is 4. The van der Waals surface area contributed by atoms with Crippen LogP contribution in [0.3, 0.4) is 0 Å². The number of hydrogen-bond donors (Lipinski definition) is 0. The quantitative estimate of drug-likeness (QED) is 0.739. The van der Waals surface area contributed by atoms with Gasteiger partial charge >= 0.3 is 0 Å². The molecule has 3 heterocycles.